The molecule has 160 valence electrons. The van der Waals surface area contributed by atoms with E-state index in [0.29, 0.717) is 12.5 Å². The number of ether oxygens (including phenoxy) is 1. The molecule has 6 heteroatoms. The minimum absolute atomic E-state index is 0.508. The SMILES string of the molecule is CC(C)c1ccc(N2C=NC(N)(c3ccc(OCCN4CCCCC4)cc3)N2)cc1. The third kappa shape index (κ3) is 4.83. The van der Waals surface area contributed by atoms with Crippen molar-refractivity contribution < 1.29 is 4.74 Å². The third-order valence-corrected chi connectivity index (χ3v) is 5.93. The monoisotopic (exact) mass is 407 g/mol. The first-order chi connectivity index (χ1) is 14.5. The molecule has 2 aliphatic rings. The number of hydrogen-bond acceptors (Lipinski definition) is 6. The van der Waals surface area contributed by atoms with Crippen LogP contribution in [0.1, 0.15) is 50.2 Å². The van der Waals surface area contributed by atoms with Gasteiger partial charge in [0.25, 0.3) is 0 Å². The Balaban J connectivity index is 1.33. The Morgan fingerprint density at radius 2 is 1.73 bits per heavy atom. The van der Waals surface area contributed by atoms with Gasteiger partial charge in [-0.05, 0) is 61.7 Å². The molecule has 1 atom stereocenters. The van der Waals surface area contributed by atoms with Crippen LogP contribution in [-0.2, 0) is 5.79 Å². The second-order valence-electron chi connectivity index (χ2n) is 8.51. The summed E-state index contributed by atoms with van der Waals surface area (Å²) in [5.74, 6) is 0.388. The van der Waals surface area contributed by atoms with E-state index in [4.69, 9.17) is 10.5 Å². The molecular formula is C24H33N5O. The Hall–Kier alpha value is -2.41. The molecule has 1 fully saturated rings. The average molecular weight is 408 g/mol. The molecule has 1 saturated heterocycles. The topological polar surface area (TPSA) is 66.1 Å². The Bertz CT molecular complexity index is 843. The number of hydrogen-bond donors (Lipinski definition) is 2. The number of aliphatic imine (C=N–C) groups is 1. The van der Waals surface area contributed by atoms with Crippen LogP contribution >= 0.6 is 0 Å². The number of anilines is 1. The molecule has 0 aromatic heterocycles. The number of nitrogens with one attached hydrogen (secondary N) is 1. The van der Waals surface area contributed by atoms with Gasteiger partial charge >= 0.3 is 0 Å². The van der Waals surface area contributed by atoms with E-state index in [1.54, 1.807) is 6.34 Å². The van der Waals surface area contributed by atoms with Gasteiger partial charge in [-0.3, -0.25) is 15.6 Å². The highest BCUT2D eigenvalue weighted by atomic mass is 16.5. The van der Waals surface area contributed by atoms with Gasteiger partial charge < -0.3 is 4.74 Å². The van der Waals surface area contributed by atoms with Crippen LogP contribution in [0.25, 0.3) is 0 Å². The van der Waals surface area contributed by atoms with E-state index in [1.165, 1.54) is 37.9 Å². The molecule has 3 N–H and O–H groups in total. The van der Waals surface area contributed by atoms with E-state index < -0.39 is 5.79 Å². The van der Waals surface area contributed by atoms with Crippen molar-refractivity contribution in [2.75, 3.05) is 31.3 Å². The van der Waals surface area contributed by atoms with Crippen LogP contribution in [0.5, 0.6) is 5.75 Å². The fraction of sp³-hybridized carbons (Fsp3) is 0.458. The normalized spacial score (nSPS) is 22.1. The molecular weight excluding hydrogens is 374 g/mol. The molecule has 1 unspecified atom stereocenters. The number of likely N-dealkylation sites (tertiary alicyclic amines) is 1. The highest BCUT2D eigenvalue weighted by Crippen LogP contribution is 2.26. The van der Waals surface area contributed by atoms with Gasteiger partial charge in [0.15, 0.2) is 0 Å². The van der Waals surface area contributed by atoms with Crippen LogP contribution in [0.15, 0.2) is 53.5 Å². The minimum atomic E-state index is -0.983. The Labute approximate surface area is 179 Å². The number of nitrogens with two attached hydrogens (primary N) is 1. The first-order valence-corrected chi connectivity index (χ1v) is 11.0. The van der Waals surface area contributed by atoms with Crippen LogP contribution in [0.3, 0.4) is 0 Å². The van der Waals surface area contributed by atoms with Gasteiger partial charge in [0.2, 0.25) is 5.79 Å². The summed E-state index contributed by atoms with van der Waals surface area (Å²) < 4.78 is 5.93. The quantitative estimate of drug-likeness (QED) is 0.731. The largest absolute Gasteiger partial charge is 0.492 e. The van der Waals surface area contributed by atoms with Gasteiger partial charge in [-0.2, -0.15) is 5.43 Å². The number of benzene rings is 2. The van der Waals surface area contributed by atoms with E-state index in [9.17, 15) is 0 Å². The van der Waals surface area contributed by atoms with Gasteiger partial charge in [-0.1, -0.05) is 44.5 Å². The second kappa shape index (κ2) is 9.16. The molecule has 0 radical (unpaired) electrons. The Morgan fingerprint density at radius 3 is 2.40 bits per heavy atom. The van der Waals surface area contributed by atoms with E-state index in [2.05, 4.69) is 53.4 Å². The second-order valence-corrected chi connectivity index (χ2v) is 8.51. The van der Waals surface area contributed by atoms with Crippen LogP contribution in [0, 0.1) is 0 Å². The fourth-order valence-corrected chi connectivity index (χ4v) is 3.96. The molecule has 0 bridgehead atoms. The van der Waals surface area contributed by atoms with Gasteiger partial charge in [0.05, 0.1) is 5.69 Å². The lowest BCUT2D eigenvalue weighted by molar-refractivity contribution is 0.183. The summed E-state index contributed by atoms with van der Waals surface area (Å²) in [6.45, 7) is 8.46. The number of hydrazine groups is 1. The zero-order chi connectivity index (χ0) is 21.0. The van der Waals surface area contributed by atoms with Crippen molar-refractivity contribution in [3.63, 3.8) is 0 Å². The van der Waals surface area contributed by atoms with Crippen LogP contribution in [0.4, 0.5) is 5.69 Å². The molecule has 0 aliphatic carbocycles. The van der Waals surface area contributed by atoms with Gasteiger partial charge in [0, 0.05) is 12.1 Å². The molecule has 30 heavy (non-hydrogen) atoms. The summed E-state index contributed by atoms with van der Waals surface area (Å²) >= 11 is 0. The van der Waals surface area contributed by atoms with Gasteiger partial charge in [-0.25, -0.2) is 4.99 Å². The fourth-order valence-electron chi connectivity index (χ4n) is 3.96. The first-order valence-electron chi connectivity index (χ1n) is 11.0. The minimum Gasteiger partial charge on any atom is -0.492 e. The molecule has 6 nitrogen and oxygen atoms in total. The molecule has 2 aromatic rings. The maximum absolute atomic E-state index is 6.54. The molecule has 2 aliphatic heterocycles. The van der Waals surface area contributed by atoms with E-state index in [1.807, 2.05) is 29.3 Å². The highest BCUT2D eigenvalue weighted by molar-refractivity contribution is 5.80. The van der Waals surface area contributed by atoms with Crippen LogP contribution < -0.4 is 20.9 Å². The Kier molecular flexibility index (Phi) is 6.37. The van der Waals surface area contributed by atoms with Gasteiger partial charge in [-0.15, -0.1) is 0 Å². The summed E-state index contributed by atoms with van der Waals surface area (Å²) in [4.78, 5) is 7.00. The van der Waals surface area contributed by atoms with Crippen molar-refractivity contribution >= 4 is 12.0 Å². The third-order valence-electron chi connectivity index (χ3n) is 5.93. The molecule has 0 amide bonds. The lowest BCUT2D eigenvalue weighted by Crippen LogP contribution is -2.51. The molecule has 2 heterocycles. The van der Waals surface area contributed by atoms with Crippen molar-refractivity contribution in [3.8, 4) is 5.75 Å². The zero-order valence-electron chi connectivity index (χ0n) is 18.1. The van der Waals surface area contributed by atoms with Crippen molar-refractivity contribution in [2.24, 2.45) is 10.7 Å². The summed E-state index contributed by atoms with van der Waals surface area (Å²) in [5.41, 5.74) is 13.0. The lowest BCUT2D eigenvalue weighted by Gasteiger charge is -2.27. The predicted molar refractivity (Wildman–Crippen MR) is 123 cm³/mol. The van der Waals surface area contributed by atoms with Crippen molar-refractivity contribution in [1.29, 1.82) is 0 Å². The van der Waals surface area contributed by atoms with Crippen molar-refractivity contribution in [1.82, 2.24) is 10.3 Å². The Morgan fingerprint density at radius 1 is 1.03 bits per heavy atom. The number of nitrogens with zero attached hydrogens (tertiary/aromatic N) is 3. The van der Waals surface area contributed by atoms with Crippen molar-refractivity contribution in [2.45, 2.75) is 44.8 Å². The maximum atomic E-state index is 6.54. The summed E-state index contributed by atoms with van der Waals surface area (Å²) in [6, 6.07) is 16.3. The van der Waals surface area contributed by atoms with E-state index in [0.717, 1.165) is 23.5 Å². The maximum Gasteiger partial charge on any atom is 0.207 e. The molecule has 4 rings (SSSR count). The highest BCUT2D eigenvalue weighted by Gasteiger charge is 2.33. The smallest absolute Gasteiger partial charge is 0.207 e. The summed E-state index contributed by atoms with van der Waals surface area (Å²) in [6.07, 6.45) is 5.71. The van der Waals surface area contributed by atoms with E-state index >= 15 is 0 Å². The molecule has 0 spiro atoms. The van der Waals surface area contributed by atoms with E-state index in [-0.39, 0.29) is 0 Å². The standard InChI is InChI=1S/C24H33N5O/c1-19(2)20-6-10-22(11-7-20)29-18-26-24(25,27-29)21-8-12-23(13-9-21)30-17-16-28-14-4-3-5-15-28/h6-13,18-19,27H,3-5,14-17,25H2,1-2H3. The summed E-state index contributed by atoms with van der Waals surface area (Å²) in [5, 5.41) is 1.87. The average Bonchev–Trinajstić information content (AvgIpc) is 3.18. The predicted octanol–water partition coefficient (Wildman–Crippen LogP) is 3.80. The van der Waals surface area contributed by atoms with Crippen LogP contribution in [0.2, 0.25) is 0 Å². The lowest BCUT2D eigenvalue weighted by atomic mass is 10.0. The van der Waals surface area contributed by atoms with Crippen LogP contribution in [-0.4, -0.2) is 37.5 Å². The van der Waals surface area contributed by atoms with Gasteiger partial charge in [0.1, 0.15) is 18.7 Å². The summed E-state index contributed by atoms with van der Waals surface area (Å²) in [7, 11) is 0. The zero-order valence-corrected chi connectivity index (χ0v) is 18.1. The molecule has 2 aromatic carbocycles. The van der Waals surface area contributed by atoms with Crippen molar-refractivity contribution in [3.05, 3.63) is 59.7 Å². The number of rotatable bonds is 7. The molecule has 0 saturated carbocycles. The first kappa shape index (κ1) is 20.8. The number of piperidine rings is 1.